The summed E-state index contributed by atoms with van der Waals surface area (Å²) in [6.45, 7) is 4.25. The Labute approximate surface area is 231 Å². The number of amides is 1. The van der Waals surface area contributed by atoms with Crippen LogP contribution < -0.4 is 10.1 Å². The lowest BCUT2D eigenvalue weighted by Gasteiger charge is -2.29. The van der Waals surface area contributed by atoms with Crippen LogP contribution in [0.1, 0.15) is 51.0 Å². The number of carbonyl (C=O) groups is 1. The number of aromatic amines is 1. The molecule has 0 bridgehead atoms. The fraction of sp³-hybridized carbons (Fsp3) is 0.536. The topological polar surface area (TPSA) is 128 Å². The van der Waals surface area contributed by atoms with Crippen molar-refractivity contribution in [3.8, 4) is 17.3 Å². The Morgan fingerprint density at radius 3 is 2.59 bits per heavy atom. The molecule has 10 nitrogen and oxygen atoms in total. The second-order valence-electron chi connectivity index (χ2n) is 10.8. The molecule has 4 heterocycles. The maximum atomic E-state index is 11.9. The summed E-state index contributed by atoms with van der Waals surface area (Å²) in [6, 6.07) is 10.6. The second kappa shape index (κ2) is 10.9. The Balaban J connectivity index is 1.10. The summed E-state index contributed by atoms with van der Waals surface area (Å²) in [5.41, 5.74) is 4.01. The van der Waals surface area contributed by atoms with Crippen LogP contribution in [0.2, 0.25) is 5.02 Å². The maximum absolute atomic E-state index is 11.9. The summed E-state index contributed by atoms with van der Waals surface area (Å²) in [4.78, 5) is 24.2. The summed E-state index contributed by atoms with van der Waals surface area (Å²) < 4.78 is 22.5. The zero-order valence-electron chi connectivity index (χ0n) is 21.9. The zero-order chi connectivity index (χ0) is 27.1. The van der Waals surface area contributed by atoms with Crippen LogP contribution in [-0.2, 0) is 14.2 Å². The molecule has 0 radical (unpaired) electrons. The highest BCUT2D eigenvalue weighted by atomic mass is 35.5. The van der Waals surface area contributed by atoms with Crippen LogP contribution >= 0.6 is 11.6 Å². The Bertz CT molecular complexity index is 1320. The second-order valence-corrected chi connectivity index (χ2v) is 11.2. The molecule has 2 saturated heterocycles. The predicted molar refractivity (Wildman–Crippen MR) is 144 cm³/mol. The van der Waals surface area contributed by atoms with E-state index in [0.717, 1.165) is 31.2 Å². The fourth-order valence-corrected chi connectivity index (χ4v) is 6.00. The number of nitrogens with one attached hydrogen (secondary N) is 2. The van der Waals surface area contributed by atoms with Crippen molar-refractivity contribution in [2.75, 3.05) is 13.2 Å². The van der Waals surface area contributed by atoms with Gasteiger partial charge < -0.3 is 29.4 Å². The number of halogens is 1. The van der Waals surface area contributed by atoms with Gasteiger partial charge in [0.25, 0.3) is 6.01 Å². The molecule has 1 aromatic carbocycles. The third-order valence-corrected chi connectivity index (χ3v) is 7.98. The molecule has 1 amide bonds. The van der Waals surface area contributed by atoms with Crippen molar-refractivity contribution in [1.82, 2.24) is 20.3 Å². The number of fused-ring (bicyclic) bond motifs is 2. The van der Waals surface area contributed by atoms with Gasteiger partial charge in [0, 0.05) is 11.6 Å². The number of benzene rings is 1. The molecule has 1 aliphatic carbocycles. The lowest BCUT2D eigenvalue weighted by molar-refractivity contribution is 0.00706. The van der Waals surface area contributed by atoms with Gasteiger partial charge in [0.2, 0.25) is 0 Å². The number of ether oxygens (including phenoxy) is 4. The molecule has 3 aromatic rings. The number of aliphatic hydroxyl groups excluding tert-OH is 1. The van der Waals surface area contributed by atoms with E-state index in [1.807, 2.05) is 26.0 Å². The number of aromatic nitrogens is 3. The minimum absolute atomic E-state index is 0.120. The van der Waals surface area contributed by atoms with E-state index in [2.05, 4.69) is 27.4 Å². The highest BCUT2D eigenvalue weighted by Gasteiger charge is 2.48. The molecule has 208 valence electrons. The van der Waals surface area contributed by atoms with Crippen molar-refractivity contribution >= 4 is 28.9 Å². The number of pyridine rings is 1. The number of nitrogens with zero attached hydrogens (tertiary/aromatic N) is 2. The van der Waals surface area contributed by atoms with Gasteiger partial charge in [-0.1, -0.05) is 35.9 Å². The van der Waals surface area contributed by atoms with Gasteiger partial charge in [-0.05, 0) is 57.1 Å². The van der Waals surface area contributed by atoms with Gasteiger partial charge in [-0.15, -0.1) is 0 Å². The molecule has 6 rings (SSSR count). The molecule has 39 heavy (non-hydrogen) atoms. The smallest absolute Gasteiger partial charge is 0.407 e. The average molecular weight is 557 g/mol. The van der Waals surface area contributed by atoms with Crippen LogP contribution in [0.25, 0.3) is 22.4 Å². The molecule has 0 spiro atoms. The quantitative estimate of drug-likeness (QED) is 0.409. The summed E-state index contributed by atoms with van der Waals surface area (Å²) >= 11 is 6.61. The van der Waals surface area contributed by atoms with E-state index in [4.69, 9.17) is 35.5 Å². The highest BCUT2D eigenvalue weighted by molar-refractivity contribution is 6.33. The standard InChI is InChI=1S/C28H33ClN4O6/c1-14(2)38-28(35)30-18-9-7-16(8-10-18)15-3-5-17(6-4-15)23-19(29)11-20-26(32-23)33-27(31-20)39-22-13-37-24-21(34)12-36-25(22)24/h3-6,11,14,16,18,21-22,24-25,34H,7-10,12-13H2,1-2H3,(H,30,35)(H,31,32,33)/t16-,18+,21-,22-,24-,25-/m1/s1. The molecular weight excluding hydrogens is 524 g/mol. The van der Waals surface area contributed by atoms with Crippen LogP contribution in [0, 0.1) is 0 Å². The Morgan fingerprint density at radius 1 is 1.10 bits per heavy atom. The number of hydrogen-bond donors (Lipinski definition) is 3. The molecule has 2 aromatic heterocycles. The number of rotatable bonds is 6. The van der Waals surface area contributed by atoms with Crippen LogP contribution in [0.15, 0.2) is 30.3 Å². The summed E-state index contributed by atoms with van der Waals surface area (Å²) in [6.07, 6.45) is 1.70. The lowest BCUT2D eigenvalue weighted by atomic mass is 9.81. The molecule has 3 aliphatic rings. The van der Waals surface area contributed by atoms with E-state index in [1.54, 1.807) is 6.07 Å². The van der Waals surface area contributed by atoms with E-state index >= 15 is 0 Å². The van der Waals surface area contributed by atoms with Crippen molar-refractivity contribution in [1.29, 1.82) is 0 Å². The number of aliphatic hydroxyl groups is 1. The number of hydrogen-bond acceptors (Lipinski definition) is 8. The fourth-order valence-electron chi connectivity index (χ4n) is 5.74. The van der Waals surface area contributed by atoms with E-state index < -0.39 is 6.10 Å². The largest absolute Gasteiger partial charge is 0.456 e. The van der Waals surface area contributed by atoms with Gasteiger partial charge in [0.15, 0.2) is 11.8 Å². The third-order valence-electron chi connectivity index (χ3n) is 7.70. The molecular formula is C28H33ClN4O6. The first kappa shape index (κ1) is 26.3. The normalized spacial score (nSPS) is 28.5. The molecule has 3 fully saturated rings. The van der Waals surface area contributed by atoms with Crippen LogP contribution in [0.5, 0.6) is 6.01 Å². The monoisotopic (exact) mass is 556 g/mol. The van der Waals surface area contributed by atoms with Gasteiger partial charge in [-0.3, -0.25) is 4.98 Å². The molecule has 2 aliphatic heterocycles. The van der Waals surface area contributed by atoms with Crippen LogP contribution in [-0.4, -0.2) is 75.9 Å². The Kier molecular flexibility index (Phi) is 7.37. The molecule has 0 unspecified atom stereocenters. The van der Waals surface area contributed by atoms with Gasteiger partial charge in [0.05, 0.1) is 30.0 Å². The number of imidazole rings is 1. The van der Waals surface area contributed by atoms with E-state index in [1.165, 1.54) is 5.56 Å². The van der Waals surface area contributed by atoms with Gasteiger partial charge in [0.1, 0.15) is 23.8 Å². The number of carbonyl (C=O) groups excluding carboxylic acids is 1. The predicted octanol–water partition coefficient (Wildman–Crippen LogP) is 4.35. The Morgan fingerprint density at radius 2 is 1.85 bits per heavy atom. The Hall–Kier alpha value is -2.92. The maximum Gasteiger partial charge on any atom is 0.407 e. The SMILES string of the molecule is CC(C)OC(=O)N[C@H]1CC[C@@H](c2ccc(-c3nc4[nH]c(O[C@@H]5CO[C@H]6[C@@H]5OC[C@H]6O)nc4cc3Cl)cc2)CC1. The van der Waals surface area contributed by atoms with E-state index in [9.17, 15) is 9.90 Å². The highest BCUT2D eigenvalue weighted by Crippen LogP contribution is 2.36. The number of alkyl carbamates (subject to hydrolysis) is 1. The third kappa shape index (κ3) is 5.56. The minimum atomic E-state index is -0.638. The van der Waals surface area contributed by atoms with Crippen LogP contribution in [0.4, 0.5) is 4.79 Å². The van der Waals surface area contributed by atoms with Gasteiger partial charge in [-0.2, -0.15) is 4.98 Å². The van der Waals surface area contributed by atoms with Crippen LogP contribution in [0.3, 0.4) is 0 Å². The van der Waals surface area contributed by atoms with E-state index in [0.29, 0.717) is 40.4 Å². The first-order valence-corrected chi connectivity index (χ1v) is 13.9. The molecule has 3 N–H and O–H groups in total. The van der Waals surface area contributed by atoms with Gasteiger partial charge >= 0.3 is 6.09 Å². The summed E-state index contributed by atoms with van der Waals surface area (Å²) in [5, 5.41) is 13.4. The summed E-state index contributed by atoms with van der Waals surface area (Å²) in [7, 11) is 0. The first-order chi connectivity index (χ1) is 18.8. The van der Waals surface area contributed by atoms with Gasteiger partial charge in [-0.25, -0.2) is 9.78 Å². The van der Waals surface area contributed by atoms with Crippen molar-refractivity contribution < 1.29 is 28.8 Å². The average Bonchev–Trinajstić information content (AvgIpc) is 3.60. The molecule has 1 saturated carbocycles. The van der Waals surface area contributed by atoms with Crippen molar-refractivity contribution in [2.45, 2.75) is 82.0 Å². The van der Waals surface area contributed by atoms with E-state index in [-0.39, 0.29) is 43.2 Å². The molecule has 11 heteroatoms. The van der Waals surface area contributed by atoms with Crippen molar-refractivity contribution in [2.24, 2.45) is 0 Å². The molecule has 4 atom stereocenters. The first-order valence-electron chi connectivity index (χ1n) is 13.6. The zero-order valence-corrected chi connectivity index (χ0v) is 22.7. The van der Waals surface area contributed by atoms with Crippen molar-refractivity contribution in [3.63, 3.8) is 0 Å². The van der Waals surface area contributed by atoms with Crippen molar-refractivity contribution in [3.05, 3.63) is 40.9 Å². The lowest BCUT2D eigenvalue weighted by Crippen LogP contribution is -2.38. The number of H-pyrrole nitrogens is 1. The minimum Gasteiger partial charge on any atom is -0.456 e. The summed E-state index contributed by atoms with van der Waals surface area (Å²) in [5.74, 6) is 0.445.